The highest BCUT2D eigenvalue weighted by atomic mass is 19.1. The molecular weight excluding hydrogens is 225 g/mol. The van der Waals surface area contributed by atoms with Crippen molar-refractivity contribution < 1.29 is 4.39 Å². The van der Waals surface area contributed by atoms with Crippen LogP contribution in [-0.2, 0) is 0 Å². The van der Waals surface area contributed by atoms with Crippen molar-refractivity contribution >= 4 is 5.69 Å². The minimum atomic E-state index is -0.185. The van der Waals surface area contributed by atoms with E-state index in [1.165, 1.54) is 5.56 Å². The molecule has 18 heavy (non-hydrogen) atoms. The number of halogens is 1. The Balaban J connectivity index is 1.99. The molecule has 0 aliphatic heterocycles. The van der Waals surface area contributed by atoms with Gasteiger partial charge in [0.25, 0.3) is 0 Å². The lowest BCUT2D eigenvalue weighted by molar-refractivity contribution is 0.627. The Morgan fingerprint density at radius 1 is 1.11 bits per heavy atom. The van der Waals surface area contributed by atoms with Crippen molar-refractivity contribution in [3.05, 3.63) is 65.5 Å². The van der Waals surface area contributed by atoms with Crippen molar-refractivity contribution in [2.75, 3.05) is 11.9 Å². The quantitative estimate of drug-likeness (QED) is 0.841. The number of hydrogen-bond acceptors (Lipinski definition) is 1. The number of benzene rings is 2. The molecule has 2 aromatic rings. The van der Waals surface area contributed by atoms with Crippen molar-refractivity contribution in [3.8, 4) is 0 Å². The zero-order valence-corrected chi connectivity index (χ0v) is 10.8. The van der Waals surface area contributed by atoms with Crippen LogP contribution in [0.2, 0.25) is 0 Å². The van der Waals surface area contributed by atoms with Crippen LogP contribution in [0.4, 0.5) is 10.1 Å². The molecule has 0 fully saturated rings. The second-order valence-corrected chi connectivity index (χ2v) is 4.68. The molecule has 0 bridgehead atoms. The van der Waals surface area contributed by atoms with Gasteiger partial charge in [0.15, 0.2) is 0 Å². The largest absolute Gasteiger partial charge is 0.382 e. The van der Waals surface area contributed by atoms with Crippen LogP contribution in [0.15, 0.2) is 48.5 Å². The lowest BCUT2D eigenvalue weighted by Crippen LogP contribution is -2.10. The van der Waals surface area contributed by atoms with Crippen LogP contribution in [0.25, 0.3) is 0 Å². The Hall–Kier alpha value is -1.83. The molecule has 0 radical (unpaired) electrons. The van der Waals surface area contributed by atoms with Crippen LogP contribution < -0.4 is 5.32 Å². The van der Waals surface area contributed by atoms with Gasteiger partial charge in [0, 0.05) is 6.54 Å². The van der Waals surface area contributed by atoms with E-state index in [1.807, 2.05) is 31.2 Å². The summed E-state index contributed by atoms with van der Waals surface area (Å²) in [5.74, 6) is 0.169. The molecule has 0 amide bonds. The highest BCUT2D eigenvalue weighted by molar-refractivity contribution is 5.46. The van der Waals surface area contributed by atoms with Gasteiger partial charge in [0.1, 0.15) is 5.82 Å². The summed E-state index contributed by atoms with van der Waals surface area (Å²) in [5, 5.41) is 3.16. The van der Waals surface area contributed by atoms with E-state index < -0.39 is 0 Å². The van der Waals surface area contributed by atoms with Gasteiger partial charge in [-0.3, -0.25) is 0 Å². The first-order chi connectivity index (χ1) is 8.66. The summed E-state index contributed by atoms with van der Waals surface area (Å²) in [4.78, 5) is 0. The van der Waals surface area contributed by atoms with Gasteiger partial charge in [-0.2, -0.15) is 0 Å². The molecule has 0 spiro atoms. The van der Waals surface area contributed by atoms with Crippen LogP contribution in [0.5, 0.6) is 0 Å². The van der Waals surface area contributed by atoms with Crippen molar-refractivity contribution in [1.29, 1.82) is 0 Å². The number of aryl methyl sites for hydroxylation is 1. The standard InChI is InChI=1S/C16H18FN/c1-12-8-9-16(15(17)10-12)18-11-13(2)14-6-4-3-5-7-14/h3-10,13,18H,11H2,1-2H3. The maximum atomic E-state index is 13.6. The average Bonchev–Trinajstić information content (AvgIpc) is 2.38. The van der Waals surface area contributed by atoms with E-state index >= 15 is 0 Å². The van der Waals surface area contributed by atoms with E-state index in [0.29, 0.717) is 11.6 Å². The van der Waals surface area contributed by atoms with E-state index in [4.69, 9.17) is 0 Å². The second-order valence-electron chi connectivity index (χ2n) is 4.68. The Morgan fingerprint density at radius 3 is 2.50 bits per heavy atom. The zero-order valence-electron chi connectivity index (χ0n) is 10.8. The molecule has 0 heterocycles. The molecule has 1 atom stereocenters. The average molecular weight is 243 g/mol. The summed E-state index contributed by atoms with van der Waals surface area (Å²) in [7, 11) is 0. The summed E-state index contributed by atoms with van der Waals surface area (Å²) >= 11 is 0. The van der Waals surface area contributed by atoms with E-state index in [1.54, 1.807) is 12.1 Å². The second kappa shape index (κ2) is 5.67. The van der Waals surface area contributed by atoms with Crippen LogP contribution in [-0.4, -0.2) is 6.54 Å². The van der Waals surface area contributed by atoms with E-state index in [2.05, 4.69) is 24.4 Å². The fourth-order valence-corrected chi connectivity index (χ4v) is 1.93. The normalized spacial score (nSPS) is 12.2. The lowest BCUT2D eigenvalue weighted by atomic mass is 10.0. The van der Waals surface area contributed by atoms with Crippen LogP contribution in [0.3, 0.4) is 0 Å². The van der Waals surface area contributed by atoms with Gasteiger partial charge in [-0.25, -0.2) is 4.39 Å². The highest BCUT2D eigenvalue weighted by Gasteiger charge is 2.06. The van der Waals surface area contributed by atoms with Gasteiger partial charge in [-0.05, 0) is 36.1 Å². The molecular formula is C16H18FN. The SMILES string of the molecule is Cc1ccc(NCC(C)c2ccccc2)c(F)c1. The smallest absolute Gasteiger partial charge is 0.146 e. The fraction of sp³-hybridized carbons (Fsp3) is 0.250. The van der Waals surface area contributed by atoms with Crippen LogP contribution in [0.1, 0.15) is 24.0 Å². The third-order valence-corrected chi connectivity index (χ3v) is 3.09. The Kier molecular flexibility index (Phi) is 3.98. The third kappa shape index (κ3) is 3.10. The molecule has 2 aromatic carbocycles. The third-order valence-electron chi connectivity index (χ3n) is 3.09. The van der Waals surface area contributed by atoms with Gasteiger partial charge in [0.2, 0.25) is 0 Å². The molecule has 0 aliphatic carbocycles. The summed E-state index contributed by atoms with van der Waals surface area (Å²) in [5.41, 5.74) is 2.77. The molecule has 2 heteroatoms. The highest BCUT2D eigenvalue weighted by Crippen LogP contribution is 2.19. The van der Waals surface area contributed by atoms with Gasteiger partial charge < -0.3 is 5.32 Å². The van der Waals surface area contributed by atoms with Gasteiger partial charge in [-0.1, -0.05) is 43.3 Å². The first-order valence-corrected chi connectivity index (χ1v) is 6.22. The fourth-order valence-electron chi connectivity index (χ4n) is 1.93. The van der Waals surface area contributed by atoms with Crippen molar-refractivity contribution in [2.45, 2.75) is 19.8 Å². The van der Waals surface area contributed by atoms with Crippen molar-refractivity contribution in [3.63, 3.8) is 0 Å². The summed E-state index contributed by atoms with van der Waals surface area (Å²) in [6, 6.07) is 15.5. The van der Waals surface area contributed by atoms with Crippen LogP contribution in [0, 0.1) is 12.7 Å². The molecule has 1 N–H and O–H groups in total. The molecule has 0 saturated heterocycles. The van der Waals surface area contributed by atoms with Gasteiger partial charge >= 0.3 is 0 Å². The topological polar surface area (TPSA) is 12.0 Å². The predicted molar refractivity (Wildman–Crippen MR) is 74.5 cm³/mol. The van der Waals surface area contributed by atoms with E-state index in [0.717, 1.165) is 12.1 Å². The molecule has 0 saturated carbocycles. The van der Waals surface area contributed by atoms with Crippen molar-refractivity contribution in [2.24, 2.45) is 0 Å². The van der Waals surface area contributed by atoms with Gasteiger partial charge in [0.05, 0.1) is 5.69 Å². The molecule has 94 valence electrons. The number of rotatable bonds is 4. The maximum absolute atomic E-state index is 13.6. The van der Waals surface area contributed by atoms with Crippen molar-refractivity contribution in [1.82, 2.24) is 0 Å². The molecule has 1 unspecified atom stereocenters. The lowest BCUT2D eigenvalue weighted by Gasteiger charge is -2.14. The first kappa shape index (κ1) is 12.6. The summed E-state index contributed by atoms with van der Waals surface area (Å²) < 4.78 is 13.6. The van der Waals surface area contributed by atoms with E-state index in [-0.39, 0.29) is 5.82 Å². The molecule has 0 aliphatic rings. The zero-order chi connectivity index (χ0) is 13.0. The Bertz CT molecular complexity index is 508. The summed E-state index contributed by atoms with van der Waals surface area (Å²) in [6.45, 7) is 4.75. The minimum absolute atomic E-state index is 0.185. The predicted octanol–water partition coefficient (Wildman–Crippen LogP) is 4.35. The Labute approximate surface area is 108 Å². The number of anilines is 1. The minimum Gasteiger partial charge on any atom is -0.382 e. The Morgan fingerprint density at radius 2 is 1.83 bits per heavy atom. The monoisotopic (exact) mass is 243 g/mol. The maximum Gasteiger partial charge on any atom is 0.146 e. The molecule has 2 rings (SSSR count). The number of nitrogens with one attached hydrogen (secondary N) is 1. The van der Waals surface area contributed by atoms with Gasteiger partial charge in [-0.15, -0.1) is 0 Å². The number of hydrogen-bond donors (Lipinski definition) is 1. The first-order valence-electron chi connectivity index (χ1n) is 6.22. The van der Waals surface area contributed by atoms with E-state index in [9.17, 15) is 4.39 Å². The molecule has 0 aromatic heterocycles. The van der Waals surface area contributed by atoms with Crippen LogP contribution >= 0.6 is 0 Å². The molecule has 1 nitrogen and oxygen atoms in total. The summed E-state index contributed by atoms with van der Waals surface area (Å²) in [6.07, 6.45) is 0.